The predicted molar refractivity (Wildman–Crippen MR) is 63.8 cm³/mol. The molecule has 5 nitrogen and oxygen atoms in total. The summed E-state index contributed by atoms with van der Waals surface area (Å²) in [6, 6.07) is 0. The summed E-state index contributed by atoms with van der Waals surface area (Å²) in [7, 11) is 4.99. The summed E-state index contributed by atoms with van der Waals surface area (Å²) in [4.78, 5) is 26.3. The Morgan fingerprint density at radius 1 is 1.25 bits per heavy atom. The Kier molecular flexibility index (Phi) is 6.72. The van der Waals surface area contributed by atoms with Gasteiger partial charge in [-0.15, -0.1) is 0 Å². The van der Waals surface area contributed by atoms with Crippen molar-refractivity contribution in [2.45, 2.75) is 19.8 Å². The SMILES string of the molecule is CCCC(CN)C(=O)N(C)CC(=O)N(C)C. The van der Waals surface area contributed by atoms with Crippen LogP contribution in [0.3, 0.4) is 0 Å². The average molecular weight is 229 g/mol. The fourth-order valence-corrected chi connectivity index (χ4v) is 1.42. The maximum absolute atomic E-state index is 11.9. The van der Waals surface area contributed by atoms with E-state index in [-0.39, 0.29) is 24.3 Å². The fraction of sp³-hybridized carbons (Fsp3) is 0.818. The minimum absolute atomic E-state index is 0.0421. The lowest BCUT2D eigenvalue weighted by Crippen LogP contribution is -2.42. The Bertz CT molecular complexity index is 241. The van der Waals surface area contributed by atoms with Gasteiger partial charge in [0.2, 0.25) is 11.8 Å². The van der Waals surface area contributed by atoms with Crippen LogP contribution in [0.25, 0.3) is 0 Å². The van der Waals surface area contributed by atoms with Crippen molar-refractivity contribution in [1.82, 2.24) is 9.80 Å². The van der Waals surface area contributed by atoms with Gasteiger partial charge in [-0.3, -0.25) is 9.59 Å². The Hall–Kier alpha value is -1.10. The summed E-state index contributed by atoms with van der Waals surface area (Å²) in [5, 5.41) is 0. The molecule has 0 heterocycles. The first kappa shape index (κ1) is 14.9. The molecule has 16 heavy (non-hydrogen) atoms. The Balaban J connectivity index is 4.30. The molecule has 94 valence electrons. The van der Waals surface area contributed by atoms with Gasteiger partial charge >= 0.3 is 0 Å². The van der Waals surface area contributed by atoms with E-state index in [1.807, 2.05) is 6.92 Å². The number of rotatable bonds is 6. The molecule has 0 aliphatic rings. The lowest BCUT2D eigenvalue weighted by molar-refractivity contribution is -0.140. The lowest BCUT2D eigenvalue weighted by atomic mass is 10.0. The number of hydrogen-bond acceptors (Lipinski definition) is 3. The molecule has 0 spiro atoms. The van der Waals surface area contributed by atoms with E-state index in [0.717, 1.165) is 12.8 Å². The monoisotopic (exact) mass is 229 g/mol. The van der Waals surface area contributed by atoms with Gasteiger partial charge in [0.15, 0.2) is 0 Å². The maximum atomic E-state index is 11.9. The molecule has 0 radical (unpaired) electrons. The van der Waals surface area contributed by atoms with Crippen molar-refractivity contribution in [3.05, 3.63) is 0 Å². The van der Waals surface area contributed by atoms with Gasteiger partial charge in [-0.25, -0.2) is 0 Å². The number of carbonyl (C=O) groups excluding carboxylic acids is 2. The zero-order valence-corrected chi connectivity index (χ0v) is 10.7. The molecule has 0 aromatic rings. The van der Waals surface area contributed by atoms with Crippen LogP contribution in [0.1, 0.15) is 19.8 Å². The number of hydrogen-bond donors (Lipinski definition) is 1. The van der Waals surface area contributed by atoms with Crippen molar-refractivity contribution in [2.75, 3.05) is 34.2 Å². The van der Waals surface area contributed by atoms with E-state index in [1.54, 1.807) is 21.1 Å². The topological polar surface area (TPSA) is 66.6 Å². The Morgan fingerprint density at radius 3 is 2.19 bits per heavy atom. The van der Waals surface area contributed by atoms with E-state index in [2.05, 4.69) is 0 Å². The summed E-state index contributed by atoms with van der Waals surface area (Å²) in [5.74, 6) is -0.285. The largest absolute Gasteiger partial charge is 0.347 e. The number of nitrogens with zero attached hydrogens (tertiary/aromatic N) is 2. The maximum Gasteiger partial charge on any atom is 0.241 e. The van der Waals surface area contributed by atoms with Crippen LogP contribution in [-0.2, 0) is 9.59 Å². The minimum atomic E-state index is -0.162. The van der Waals surface area contributed by atoms with Gasteiger partial charge in [0.25, 0.3) is 0 Å². The molecule has 0 rings (SSSR count). The number of carbonyl (C=O) groups is 2. The molecule has 0 aromatic carbocycles. The first-order chi connectivity index (χ1) is 7.43. The van der Waals surface area contributed by atoms with E-state index in [0.29, 0.717) is 6.54 Å². The highest BCUT2D eigenvalue weighted by atomic mass is 16.2. The molecule has 2 N–H and O–H groups in total. The zero-order valence-electron chi connectivity index (χ0n) is 10.7. The van der Waals surface area contributed by atoms with Crippen molar-refractivity contribution >= 4 is 11.8 Å². The molecule has 0 aromatic heterocycles. The molecule has 1 unspecified atom stereocenters. The van der Waals surface area contributed by atoms with Gasteiger partial charge in [0, 0.05) is 27.7 Å². The smallest absolute Gasteiger partial charge is 0.241 e. The van der Waals surface area contributed by atoms with Gasteiger partial charge in [0.1, 0.15) is 0 Å². The fourth-order valence-electron chi connectivity index (χ4n) is 1.42. The van der Waals surface area contributed by atoms with Crippen LogP contribution in [-0.4, -0.2) is 55.8 Å². The van der Waals surface area contributed by atoms with Gasteiger partial charge in [-0.1, -0.05) is 13.3 Å². The van der Waals surface area contributed by atoms with Crippen LogP contribution in [0.15, 0.2) is 0 Å². The summed E-state index contributed by atoms with van der Waals surface area (Å²) in [6.45, 7) is 2.47. The summed E-state index contributed by atoms with van der Waals surface area (Å²) >= 11 is 0. The van der Waals surface area contributed by atoms with Gasteiger partial charge in [-0.05, 0) is 6.42 Å². The highest BCUT2D eigenvalue weighted by Gasteiger charge is 2.21. The van der Waals surface area contributed by atoms with Crippen molar-refractivity contribution in [3.63, 3.8) is 0 Å². The van der Waals surface area contributed by atoms with Crippen LogP contribution in [0, 0.1) is 5.92 Å². The third-order valence-corrected chi connectivity index (χ3v) is 2.52. The third kappa shape index (κ3) is 4.61. The molecule has 1 atom stereocenters. The van der Waals surface area contributed by atoms with Crippen LogP contribution < -0.4 is 5.73 Å². The standard InChI is InChI=1S/C11H23N3O2/c1-5-6-9(7-12)11(16)14(4)8-10(15)13(2)3/h9H,5-8,12H2,1-4H3. The van der Waals surface area contributed by atoms with Crippen molar-refractivity contribution in [2.24, 2.45) is 11.7 Å². The molecule has 0 saturated carbocycles. The van der Waals surface area contributed by atoms with E-state index in [9.17, 15) is 9.59 Å². The zero-order chi connectivity index (χ0) is 12.7. The second-order valence-corrected chi connectivity index (χ2v) is 4.20. The second-order valence-electron chi connectivity index (χ2n) is 4.20. The molecular formula is C11H23N3O2. The number of likely N-dealkylation sites (N-methyl/N-ethyl adjacent to an activating group) is 2. The molecule has 0 aliphatic heterocycles. The summed E-state index contributed by atoms with van der Waals surface area (Å²) in [6.07, 6.45) is 1.69. The Morgan fingerprint density at radius 2 is 1.81 bits per heavy atom. The quantitative estimate of drug-likeness (QED) is 0.692. The second kappa shape index (κ2) is 7.22. The van der Waals surface area contributed by atoms with Gasteiger partial charge in [-0.2, -0.15) is 0 Å². The minimum Gasteiger partial charge on any atom is -0.347 e. The molecule has 0 saturated heterocycles. The van der Waals surface area contributed by atoms with Gasteiger partial charge < -0.3 is 15.5 Å². The van der Waals surface area contributed by atoms with Gasteiger partial charge in [0.05, 0.1) is 12.5 Å². The molecule has 2 amide bonds. The molecule has 0 bridgehead atoms. The first-order valence-corrected chi connectivity index (χ1v) is 5.59. The van der Waals surface area contributed by atoms with Crippen LogP contribution in [0.4, 0.5) is 0 Å². The number of amides is 2. The van der Waals surface area contributed by atoms with Crippen molar-refractivity contribution < 1.29 is 9.59 Å². The Labute approximate surface area is 97.6 Å². The lowest BCUT2D eigenvalue weighted by Gasteiger charge is -2.23. The van der Waals surface area contributed by atoms with Crippen molar-refractivity contribution in [1.29, 1.82) is 0 Å². The van der Waals surface area contributed by atoms with Crippen LogP contribution >= 0.6 is 0 Å². The molecule has 0 fully saturated rings. The molecule has 0 aliphatic carbocycles. The van der Waals surface area contributed by atoms with Crippen molar-refractivity contribution in [3.8, 4) is 0 Å². The van der Waals surface area contributed by atoms with E-state index in [4.69, 9.17) is 5.73 Å². The highest BCUT2D eigenvalue weighted by Crippen LogP contribution is 2.08. The first-order valence-electron chi connectivity index (χ1n) is 5.59. The van der Waals surface area contributed by atoms with E-state index in [1.165, 1.54) is 9.80 Å². The summed E-state index contributed by atoms with van der Waals surface area (Å²) in [5.41, 5.74) is 5.55. The predicted octanol–water partition coefficient (Wildman–Crippen LogP) is -0.0920. The molecular weight excluding hydrogens is 206 g/mol. The normalized spacial score (nSPS) is 12.1. The summed E-state index contributed by atoms with van der Waals surface area (Å²) < 4.78 is 0. The highest BCUT2D eigenvalue weighted by molar-refractivity contribution is 5.85. The third-order valence-electron chi connectivity index (χ3n) is 2.52. The molecule has 5 heteroatoms. The van der Waals surface area contributed by atoms with E-state index < -0.39 is 0 Å². The number of nitrogens with two attached hydrogens (primary N) is 1. The van der Waals surface area contributed by atoms with E-state index >= 15 is 0 Å². The van der Waals surface area contributed by atoms with Crippen LogP contribution in [0.2, 0.25) is 0 Å². The average Bonchev–Trinajstić information content (AvgIpc) is 2.24. The van der Waals surface area contributed by atoms with Crippen LogP contribution in [0.5, 0.6) is 0 Å².